The predicted octanol–water partition coefficient (Wildman–Crippen LogP) is 5.74. The lowest BCUT2D eigenvalue weighted by Crippen LogP contribution is -2.19. The molecule has 4 rings (SSSR count). The van der Waals surface area contributed by atoms with E-state index in [1.54, 1.807) is 0 Å². The standard InChI is InChI=1S/C21H21NO2S/c1-13(2)18-12-16-9-8-15(11-19(16)24-18)10-14(3)22-17-6-4-5-7-20(17)25-21(22)23/h4-9,11-14H,10H2,1-3H3. The van der Waals surface area contributed by atoms with E-state index in [1.165, 1.54) is 16.9 Å². The van der Waals surface area contributed by atoms with Gasteiger partial charge in [0.05, 0.1) is 10.2 Å². The molecule has 0 aliphatic carbocycles. The van der Waals surface area contributed by atoms with Gasteiger partial charge in [-0.3, -0.25) is 9.36 Å². The summed E-state index contributed by atoms with van der Waals surface area (Å²) in [5.41, 5.74) is 3.13. The summed E-state index contributed by atoms with van der Waals surface area (Å²) >= 11 is 1.32. The van der Waals surface area contributed by atoms with Gasteiger partial charge < -0.3 is 4.42 Å². The van der Waals surface area contributed by atoms with Crippen LogP contribution in [0, 0.1) is 0 Å². The minimum atomic E-state index is 0.0978. The Hall–Kier alpha value is -2.33. The van der Waals surface area contributed by atoms with Crippen molar-refractivity contribution in [1.82, 2.24) is 4.57 Å². The van der Waals surface area contributed by atoms with Gasteiger partial charge in [-0.05, 0) is 43.2 Å². The Morgan fingerprint density at radius 2 is 1.88 bits per heavy atom. The molecule has 4 aromatic rings. The number of thiazole rings is 1. The number of hydrogen-bond acceptors (Lipinski definition) is 3. The molecule has 4 heteroatoms. The second-order valence-corrected chi connectivity index (χ2v) is 7.93. The number of hydrogen-bond donors (Lipinski definition) is 0. The van der Waals surface area contributed by atoms with Gasteiger partial charge in [-0.15, -0.1) is 0 Å². The smallest absolute Gasteiger partial charge is 0.308 e. The van der Waals surface area contributed by atoms with Crippen molar-refractivity contribution in [2.75, 3.05) is 0 Å². The zero-order valence-corrected chi connectivity index (χ0v) is 15.5. The molecule has 0 amide bonds. The van der Waals surface area contributed by atoms with Gasteiger partial charge in [-0.1, -0.05) is 49.4 Å². The maximum Gasteiger partial charge on any atom is 0.308 e. The normalized spacial score (nSPS) is 13.1. The van der Waals surface area contributed by atoms with E-state index in [1.807, 2.05) is 28.8 Å². The summed E-state index contributed by atoms with van der Waals surface area (Å²) in [7, 11) is 0. The number of rotatable bonds is 4. The zero-order valence-electron chi connectivity index (χ0n) is 14.7. The second kappa shape index (κ2) is 6.19. The number of nitrogens with zero attached hydrogens (tertiary/aromatic N) is 1. The van der Waals surface area contributed by atoms with Crippen molar-refractivity contribution >= 4 is 32.5 Å². The third kappa shape index (κ3) is 2.91. The molecule has 2 heterocycles. The predicted molar refractivity (Wildman–Crippen MR) is 105 cm³/mol. The monoisotopic (exact) mass is 351 g/mol. The summed E-state index contributed by atoms with van der Waals surface area (Å²) in [5.74, 6) is 1.39. The molecule has 0 radical (unpaired) electrons. The highest BCUT2D eigenvalue weighted by Gasteiger charge is 2.15. The first-order chi connectivity index (χ1) is 12.0. The van der Waals surface area contributed by atoms with E-state index >= 15 is 0 Å². The first-order valence-electron chi connectivity index (χ1n) is 8.65. The van der Waals surface area contributed by atoms with Gasteiger partial charge in [-0.2, -0.15) is 0 Å². The lowest BCUT2D eigenvalue weighted by molar-refractivity contribution is 0.520. The zero-order chi connectivity index (χ0) is 17.6. The number of benzene rings is 2. The van der Waals surface area contributed by atoms with Crippen LogP contribution in [0.5, 0.6) is 0 Å². The summed E-state index contributed by atoms with van der Waals surface area (Å²) in [6.07, 6.45) is 0.800. The first-order valence-corrected chi connectivity index (χ1v) is 9.47. The fourth-order valence-electron chi connectivity index (χ4n) is 3.34. The Morgan fingerprint density at radius 1 is 1.08 bits per heavy atom. The molecule has 0 N–H and O–H groups in total. The Morgan fingerprint density at radius 3 is 2.68 bits per heavy atom. The SMILES string of the molecule is CC(C)c1cc2ccc(CC(C)n3c(=O)sc4ccccc43)cc2o1. The van der Waals surface area contributed by atoms with Crippen LogP contribution in [0.3, 0.4) is 0 Å². The molecule has 1 unspecified atom stereocenters. The van der Waals surface area contributed by atoms with Crippen LogP contribution >= 0.6 is 11.3 Å². The number of furan rings is 1. The number of fused-ring (bicyclic) bond motifs is 2. The van der Waals surface area contributed by atoms with E-state index < -0.39 is 0 Å². The molecule has 1 atom stereocenters. The maximum atomic E-state index is 12.4. The van der Waals surface area contributed by atoms with Gasteiger partial charge in [0.15, 0.2) is 0 Å². The van der Waals surface area contributed by atoms with Crippen LogP contribution in [-0.2, 0) is 6.42 Å². The average molecular weight is 351 g/mol. The molecule has 128 valence electrons. The van der Waals surface area contributed by atoms with E-state index in [-0.39, 0.29) is 10.9 Å². The highest BCUT2D eigenvalue weighted by Crippen LogP contribution is 2.27. The highest BCUT2D eigenvalue weighted by molar-refractivity contribution is 7.16. The van der Waals surface area contributed by atoms with E-state index in [4.69, 9.17) is 4.42 Å². The van der Waals surface area contributed by atoms with Gasteiger partial charge in [0.25, 0.3) is 0 Å². The summed E-state index contributed by atoms with van der Waals surface area (Å²) < 4.78 is 8.92. The third-order valence-corrected chi connectivity index (χ3v) is 5.60. The molecule has 0 aliphatic heterocycles. The molecule has 0 bridgehead atoms. The molecule has 0 saturated heterocycles. The molecule has 0 saturated carbocycles. The Bertz CT molecular complexity index is 1100. The second-order valence-electron chi connectivity index (χ2n) is 6.93. The third-order valence-electron chi connectivity index (χ3n) is 4.66. The van der Waals surface area contributed by atoms with Crippen LogP contribution in [0.2, 0.25) is 0 Å². The van der Waals surface area contributed by atoms with Crippen molar-refractivity contribution in [3.8, 4) is 0 Å². The summed E-state index contributed by atoms with van der Waals surface area (Å²) in [4.78, 5) is 12.5. The van der Waals surface area contributed by atoms with Crippen molar-refractivity contribution in [2.24, 2.45) is 0 Å². The Kier molecular flexibility index (Phi) is 4.00. The maximum absolute atomic E-state index is 12.4. The lowest BCUT2D eigenvalue weighted by atomic mass is 10.1. The van der Waals surface area contributed by atoms with E-state index in [9.17, 15) is 4.79 Å². The molecule has 2 aromatic heterocycles. The summed E-state index contributed by atoms with van der Waals surface area (Å²) in [6.45, 7) is 6.37. The minimum absolute atomic E-state index is 0.0978. The van der Waals surface area contributed by atoms with Gasteiger partial charge in [0, 0.05) is 17.3 Å². The first kappa shape index (κ1) is 16.2. The fraction of sp³-hybridized carbons (Fsp3) is 0.286. The average Bonchev–Trinajstić information content (AvgIpc) is 3.14. The molecule has 2 aromatic carbocycles. The molecule has 3 nitrogen and oxygen atoms in total. The summed E-state index contributed by atoms with van der Waals surface area (Å²) in [5, 5.41) is 1.14. The van der Waals surface area contributed by atoms with Crippen molar-refractivity contribution in [3.05, 3.63) is 69.5 Å². The van der Waals surface area contributed by atoms with Crippen molar-refractivity contribution in [3.63, 3.8) is 0 Å². The molecule has 0 fully saturated rings. The minimum Gasteiger partial charge on any atom is -0.461 e. The van der Waals surface area contributed by atoms with E-state index in [0.717, 1.165) is 33.4 Å². The highest BCUT2D eigenvalue weighted by atomic mass is 32.1. The van der Waals surface area contributed by atoms with E-state index in [2.05, 4.69) is 45.0 Å². The Balaban J connectivity index is 1.68. The van der Waals surface area contributed by atoms with E-state index in [0.29, 0.717) is 5.92 Å². The van der Waals surface area contributed by atoms with Gasteiger partial charge in [-0.25, -0.2) is 0 Å². The van der Waals surface area contributed by atoms with Crippen LogP contribution < -0.4 is 4.87 Å². The largest absolute Gasteiger partial charge is 0.461 e. The molecule has 0 aliphatic rings. The number of para-hydroxylation sites is 1. The van der Waals surface area contributed by atoms with Crippen molar-refractivity contribution < 1.29 is 4.42 Å². The van der Waals surface area contributed by atoms with Crippen LogP contribution in [-0.4, -0.2) is 4.57 Å². The quantitative estimate of drug-likeness (QED) is 0.470. The molecular formula is C21H21NO2S. The summed E-state index contributed by atoms with van der Waals surface area (Å²) in [6, 6.07) is 16.6. The van der Waals surface area contributed by atoms with Crippen LogP contribution in [0.15, 0.2) is 57.7 Å². The Labute approximate surface area is 150 Å². The topological polar surface area (TPSA) is 35.1 Å². The molecule has 0 spiro atoms. The van der Waals surface area contributed by atoms with Gasteiger partial charge in [0.2, 0.25) is 0 Å². The van der Waals surface area contributed by atoms with Crippen LogP contribution in [0.25, 0.3) is 21.2 Å². The molecule has 25 heavy (non-hydrogen) atoms. The van der Waals surface area contributed by atoms with Gasteiger partial charge in [0.1, 0.15) is 11.3 Å². The van der Waals surface area contributed by atoms with Gasteiger partial charge >= 0.3 is 4.87 Å². The van der Waals surface area contributed by atoms with Crippen LogP contribution in [0.1, 0.15) is 44.1 Å². The fourth-order valence-corrected chi connectivity index (χ4v) is 4.32. The van der Waals surface area contributed by atoms with Crippen molar-refractivity contribution in [1.29, 1.82) is 0 Å². The van der Waals surface area contributed by atoms with Crippen LogP contribution in [0.4, 0.5) is 0 Å². The van der Waals surface area contributed by atoms with Crippen molar-refractivity contribution in [2.45, 2.75) is 39.2 Å². The lowest BCUT2D eigenvalue weighted by Gasteiger charge is -2.14. The molecular weight excluding hydrogens is 330 g/mol. The number of aromatic nitrogens is 1.